The average molecular weight is 261 g/mol. The fraction of sp³-hybridized carbons (Fsp3) is 0.462. The van der Waals surface area contributed by atoms with Gasteiger partial charge >= 0.3 is 0 Å². The van der Waals surface area contributed by atoms with Crippen molar-refractivity contribution in [2.24, 2.45) is 5.73 Å². The molecule has 6 heteroatoms. The average Bonchev–Trinajstić information content (AvgIpc) is 2.72. The van der Waals surface area contributed by atoms with Gasteiger partial charge in [-0.25, -0.2) is 9.50 Å². The summed E-state index contributed by atoms with van der Waals surface area (Å²) >= 11 is 0. The van der Waals surface area contributed by atoms with Crippen molar-refractivity contribution in [2.75, 3.05) is 6.54 Å². The van der Waals surface area contributed by atoms with Crippen LogP contribution in [0.5, 0.6) is 0 Å². The summed E-state index contributed by atoms with van der Waals surface area (Å²) < 4.78 is 1.66. The number of carbonyl (C=O) groups excluding carboxylic acids is 1. The van der Waals surface area contributed by atoms with Crippen LogP contribution >= 0.6 is 0 Å². The Morgan fingerprint density at radius 2 is 2.16 bits per heavy atom. The van der Waals surface area contributed by atoms with Gasteiger partial charge in [-0.1, -0.05) is 0 Å². The second kappa shape index (κ2) is 4.62. The lowest BCUT2D eigenvalue weighted by atomic mass is 10.1. The second-order valence-electron chi connectivity index (χ2n) is 5.37. The van der Waals surface area contributed by atoms with Crippen molar-refractivity contribution in [3.05, 3.63) is 29.2 Å². The number of nitrogens with zero attached hydrogens (tertiary/aromatic N) is 3. The number of hydrogen-bond donors (Lipinski definition) is 2. The molecule has 1 amide bonds. The molecule has 0 aliphatic heterocycles. The van der Waals surface area contributed by atoms with Crippen molar-refractivity contribution < 1.29 is 4.79 Å². The lowest BCUT2D eigenvalue weighted by Crippen LogP contribution is -2.48. The van der Waals surface area contributed by atoms with Crippen LogP contribution in [0.4, 0.5) is 0 Å². The van der Waals surface area contributed by atoms with Gasteiger partial charge < -0.3 is 11.1 Å². The van der Waals surface area contributed by atoms with Crippen molar-refractivity contribution in [1.29, 1.82) is 0 Å². The number of nitrogens with two attached hydrogens (primary N) is 1. The molecule has 0 aliphatic rings. The quantitative estimate of drug-likeness (QED) is 0.856. The van der Waals surface area contributed by atoms with Gasteiger partial charge in [0.25, 0.3) is 5.91 Å². The molecule has 102 valence electrons. The van der Waals surface area contributed by atoms with Crippen molar-refractivity contribution in [1.82, 2.24) is 19.9 Å². The number of carbonyl (C=O) groups is 1. The van der Waals surface area contributed by atoms with Gasteiger partial charge in [0.2, 0.25) is 0 Å². The molecule has 0 aliphatic carbocycles. The molecule has 0 fully saturated rings. The highest BCUT2D eigenvalue weighted by Gasteiger charge is 2.22. The van der Waals surface area contributed by atoms with E-state index in [-0.39, 0.29) is 5.91 Å². The lowest BCUT2D eigenvalue weighted by molar-refractivity contribution is 0.0917. The molecule has 19 heavy (non-hydrogen) atoms. The van der Waals surface area contributed by atoms with E-state index in [9.17, 15) is 4.79 Å². The summed E-state index contributed by atoms with van der Waals surface area (Å²) in [6, 6.07) is 1.92. The maximum Gasteiger partial charge on any atom is 0.257 e. The summed E-state index contributed by atoms with van der Waals surface area (Å²) in [5.74, 6) is -0.206. The van der Waals surface area contributed by atoms with Crippen LogP contribution in [-0.4, -0.2) is 32.6 Å². The van der Waals surface area contributed by atoms with Crippen molar-refractivity contribution in [3.63, 3.8) is 0 Å². The molecule has 0 atom stereocenters. The number of hydrogen-bond acceptors (Lipinski definition) is 4. The Morgan fingerprint density at radius 1 is 1.47 bits per heavy atom. The number of fused-ring (bicyclic) bond motifs is 1. The standard InChI is InChI=1S/C13H19N5O/c1-8-5-9(2)18-11(16-8)10(6-15-18)12(19)17-13(3,4)7-14/h5-6H,7,14H2,1-4H3,(H,17,19). The highest BCUT2D eigenvalue weighted by Crippen LogP contribution is 2.13. The third-order valence-electron chi connectivity index (χ3n) is 2.98. The monoisotopic (exact) mass is 261 g/mol. The van der Waals surface area contributed by atoms with Crippen LogP contribution in [0.15, 0.2) is 12.3 Å². The van der Waals surface area contributed by atoms with Gasteiger partial charge in [0.15, 0.2) is 5.65 Å². The van der Waals surface area contributed by atoms with Gasteiger partial charge in [-0.2, -0.15) is 5.10 Å². The Labute approximate surface area is 112 Å². The lowest BCUT2D eigenvalue weighted by Gasteiger charge is -2.23. The van der Waals surface area contributed by atoms with E-state index in [0.717, 1.165) is 11.4 Å². The first-order chi connectivity index (χ1) is 8.84. The minimum absolute atomic E-state index is 0.206. The number of aryl methyl sites for hydroxylation is 2. The fourth-order valence-corrected chi connectivity index (χ4v) is 1.86. The third kappa shape index (κ3) is 2.58. The van der Waals surface area contributed by atoms with E-state index in [2.05, 4.69) is 15.4 Å². The predicted molar refractivity (Wildman–Crippen MR) is 73.1 cm³/mol. The zero-order chi connectivity index (χ0) is 14.2. The normalized spacial score (nSPS) is 11.8. The number of nitrogens with one attached hydrogen (secondary N) is 1. The summed E-state index contributed by atoms with van der Waals surface area (Å²) in [6.45, 7) is 7.94. The van der Waals surface area contributed by atoms with Crippen LogP contribution in [-0.2, 0) is 0 Å². The highest BCUT2D eigenvalue weighted by molar-refractivity contribution is 6.00. The van der Waals surface area contributed by atoms with Crippen LogP contribution in [0.25, 0.3) is 5.65 Å². The van der Waals surface area contributed by atoms with Crippen LogP contribution in [0.3, 0.4) is 0 Å². The topological polar surface area (TPSA) is 85.3 Å². The molecule has 0 spiro atoms. The molecule has 0 bridgehead atoms. The van der Waals surface area contributed by atoms with Crippen molar-refractivity contribution >= 4 is 11.6 Å². The number of rotatable bonds is 3. The van der Waals surface area contributed by atoms with Crippen molar-refractivity contribution in [2.45, 2.75) is 33.2 Å². The molecular weight excluding hydrogens is 242 g/mol. The first-order valence-corrected chi connectivity index (χ1v) is 6.18. The van der Waals surface area contributed by atoms with Crippen LogP contribution in [0, 0.1) is 13.8 Å². The van der Waals surface area contributed by atoms with E-state index in [1.807, 2.05) is 33.8 Å². The Kier molecular flexibility index (Phi) is 3.28. The summed E-state index contributed by atoms with van der Waals surface area (Å²) in [7, 11) is 0. The molecule has 3 N–H and O–H groups in total. The molecule has 2 aromatic rings. The van der Waals surface area contributed by atoms with Crippen molar-refractivity contribution in [3.8, 4) is 0 Å². The Balaban J connectivity index is 2.44. The molecule has 2 aromatic heterocycles. The Bertz CT molecular complexity index is 629. The molecule has 0 unspecified atom stereocenters. The van der Waals surface area contributed by atoms with E-state index in [0.29, 0.717) is 17.8 Å². The molecule has 0 saturated heterocycles. The highest BCUT2D eigenvalue weighted by atomic mass is 16.1. The first kappa shape index (κ1) is 13.5. The minimum atomic E-state index is -0.454. The Hall–Kier alpha value is -1.95. The SMILES string of the molecule is Cc1cc(C)n2ncc(C(=O)NC(C)(C)CN)c2n1. The van der Waals surface area contributed by atoms with Gasteiger partial charge in [-0.3, -0.25) is 4.79 Å². The Morgan fingerprint density at radius 3 is 2.79 bits per heavy atom. The number of amides is 1. The van der Waals surface area contributed by atoms with Gasteiger partial charge in [-0.15, -0.1) is 0 Å². The molecule has 0 radical (unpaired) electrons. The zero-order valence-electron chi connectivity index (χ0n) is 11.7. The van der Waals surface area contributed by atoms with Crippen LogP contribution < -0.4 is 11.1 Å². The molecule has 2 rings (SSSR count). The summed E-state index contributed by atoms with van der Waals surface area (Å²) in [5.41, 5.74) is 8.00. The third-order valence-corrected chi connectivity index (χ3v) is 2.98. The van der Waals surface area contributed by atoms with E-state index in [4.69, 9.17) is 5.73 Å². The van der Waals surface area contributed by atoms with Gasteiger partial charge in [-0.05, 0) is 33.8 Å². The predicted octanol–water partition coefficient (Wildman–Crippen LogP) is 0.813. The first-order valence-electron chi connectivity index (χ1n) is 6.18. The summed E-state index contributed by atoms with van der Waals surface area (Å²) in [4.78, 5) is 16.6. The molecule has 0 aromatic carbocycles. The largest absolute Gasteiger partial charge is 0.346 e. The minimum Gasteiger partial charge on any atom is -0.346 e. The molecule has 0 saturated carbocycles. The van der Waals surface area contributed by atoms with Gasteiger partial charge in [0, 0.05) is 23.5 Å². The van der Waals surface area contributed by atoms with E-state index < -0.39 is 5.54 Å². The number of aromatic nitrogens is 3. The summed E-state index contributed by atoms with van der Waals surface area (Å²) in [5, 5.41) is 7.08. The van der Waals surface area contributed by atoms with E-state index >= 15 is 0 Å². The van der Waals surface area contributed by atoms with E-state index in [1.165, 1.54) is 6.20 Å². The van der Waals surface area contributed by atoms with E-state index in [1.54, 1.807) is 4.52 Å². The summed E-state index contributed by atoms with van der Waals surface area (Å²) in [6.07, 6.45) is 1.54. The van der Waals surface area contributed by atoms with Gasteiger partial charge in [0.05, 0.1) is 6.20 Å². The molecule has 6 nitrogen and oxygen atoms in total. The van der Waals surface area contributed by atoms with Crippen LogP contribution in [0.2, 0.25) is 0 Å². The maximum absolute atomic E-state index is 12.3. The molecular formula is C13H19N5O. The van der Waals surface area contributed by atoms with Gasteiger partial charge in [0.1, 0.15) is 5.56 Å². The van der Waals surface area contributed by atoms with Crippen LogP contribution in [0.1, 0.15) is 35.6 Å². The zero-order valence-corrected chi connectivity index (χ0v) is 11.7. The maximum atomic E-state index is 12.3. The second-order valence-corrected chi connectivity index (χ2v) is 5.37. The fourth-order valence-electron chi connectivity index (χ4n) is 1.86. The smallest absolute Gasteiger partial charge is 0.257 e. The molecule has 2 heterocycles.